The Balaban J connectivity index is 1.34. The fraction of sp³-hybridized carbons (Fsp3) is 0. The molecule has 0 N–H and O–H groups in total. The maximum atomic E-state index is 6.78. The molecule has 0 aliphatic rings. The number of fused-ring (bicyclic) bond motifs is 9. The summed E-state index contributed by atoms with van der Waals surface area (Å²) < 4.78 is 6.78. The van der Waals surface area contributed by atoms with E-state index in [2.05, 4.69) is 131 Å². The molecule has 9 rings (SSSR count). The summed E-state index contributed by atoms with van der Waals surface area (Å²) in [7, 11) is 0. The first-order valence-corrected chi connectivity index (χ1v) is 14.5. The summed E-state index contributed by atoms with van der Waals surface area (Å²) in [5.41, 5.74) is 8.46. The lowest BCUT2D eigenvalue weighted by Crippen LogP contribution is -1.87. The van der Waals surface area contributed by atoms with Crippen LogP contribution in [0.5, 0.6) is 0 Å². The number of furan rings is 1. The Morgan fingerprint density at radius 1 is 0.349 bits per heavy atom. The number of nitrogens with zero attached hydrogens (tertiary/aromatic N) is 2. The molecule has 0 bridgehead atoms. The molecule has 0 spiro atoms. The summed E-state index contributed by atoms with van der Waals surface area (Å²) in [5, 5.41) is 9.74. The molecule has 3 heteroatoms. The van der Waals surface area contributed by atoms with Crippen molar-refractivity contribution in [2.24, 2.45) is 0 Å². The molecular formula is C40H24N2O. The van der Waals surface area contributed by atoms with Crippen LogP contribution in [0.25, 0.3) is 87.6 Å². The lowest BCUT2D eigenvalue weighted by molar-refractivity contribution is 0.670. The molecule has 3 aromatic heterocycles. The van der Waals surface area contributed by atoms with E-state index in [1.165, 1.54) is 32.3 Å². The molecule has 6 aromatic carbocycles. The first-order chi connectivity index (χ1) is 21.3. The number of benzene rings is 6. The van der Waals surface area contributed by atoms with Crippen LogP contribution in [-0.4, -0.2) is 9.97 Å². The van der Waals surface area contributed by atoms with Crippen LogP contribution in [0.1, 0.15) is 0 Å². The van der Waals surface area contributed by atoms with Crippen molar-refractivity contribution in [3.63, 3.8) is 0 Å². The van der Waals surface area contributed by atoms with Crippen molar-refractivity contribution in [2.75, 3.05) is 0 Å². The summed E-state index contributed by atoms with van der Waals surface area (Å²) >= 11 is 0. The highest BCUT2D eigenvalue weighted by Crippen LogP contribution is 2.42. The van der Waals surface area contributed by atoms with Gasteiger partial charge in [0, 0.05) is 41.1 Å². The van der Waals surface area contributed by atoms with Crippen LogP contribution >= 0.6 is 0 Å². The van der Waals surface area contributed by atoms with Gasteiger partial charge in [0.05, 0.1) is 0 Å². The van der Waals surface area contributed by atoms with Crippen LogP contribution in [0.2, 0.25) is 0 Å². The van der Waals surface area contributed by atoms with Crippen LogP contribution in [0.3, 0.4) is 0 Å². The van der Waals surface area contributed by atoms with E-state index in [1.807, 2.05) is 24.8 Å². The van der Waals surface area contributed by atoms with E-state index in [0.29, 0.717) is 0 Å². The molecule has 0 unspecified atom stereocenters. The molecule has 0 saturated carbocycles. The van der Waals surface area contributed by atoms with E-state index >= 15 is 0 Å². The third-order valence-corrected chi connectivity index (χ3v) is 8.63. The van der Waals surface area contributed by atoms with Gasteiger partial charge in [-0.05, 0) is 115 Å². The Bertz CT molecular complexity index is 2440. The molecule has 0 atom stereocenters. The molecule has 0 aliphatic heterocycles. The fourth-order valence-electron chi connectivity index (χ4n) is 6.63. The second-order valence-electron chi connectivity index (χ2n) is 11.0. The molecule has 3 heterocycles. The minimum absolute atomic E-state index is 0.897. The van der Waals surface area contributed by atoms with Gasteiger partial charge < -0.3 is 4.42 Å². The third-order valence-electron chi connectivity index (χ3n) is 8.63. The molecular weight excluding hydrogens is 524 g/mol. The number of aromatic nitrogens is 2. The van der Waals surface area contributed by atoms with E-state index in [0.717, 1.165) is 55.3 Å². The van der Waals surface area contributed by atoms with Crippen molar-refractivity contribution in [2.45, 2.75) is 0 Å². The van der Waals surface area contributed by atoms with Gasteiger partial charge in [-0.15, -0.1) is 0 Å². The lowest BCUT2D eigenvalue weighted by Gasteiger charge is -2.11. The summed E-state index contributed by atoms with van der Waals surface area (Å²) in [4.78, 5) is 8.47. The Morgan fingerprint density at radius 3 is 1.42 bits per heavy atom. The van der Waals surface area contributed by atoms with E-state index in [9.17, 15) is 0 Å². The van der Waals surface area contributed by atoms with Crippen LogP contribution < -0.4 is 0 Å². The van der Waals surface area contributed by atoms with Crippen molar-refractivity contribution in [3.05, 3.63) is 146 Å². The van der Waals surface area contributed by atoms with Gasteiger partial charge in [-0.1, -0.05) is 66.7 Å². The number of hydrogen-bond donors (Lipinski definition) is 0. The minimum atomic E-state index is 0.897. The topological polar surface area (TPSA) is 38.9 Å². The first-order valence-electron chi connectivity index (χ1n) is 14.5. The number of hydrogen-bond acceptors (Lipinski definition) is 3. The van der Waals surface area contributed by atoms with Gasteiger partial charge >= 0.3 is 0 Å². The number of rotatable bonds is 3. The Morgan fingerprint density at radius 2 is 0.837 bits per heavy atom. The normalized spacial score (nSPS) is 11.7. The molecule has 0 amide bonds. The van der Waals surface area contributed by atoms with Gasteiger partial charge in [0.25, 0.3) is 0 Å². The lowest BCUT2D eigenvalue weighted by atomic mass is 9.92. The van der Waals surface area contributed by atoms with Crippen molar-refractivity contribution < 1.29 is 4.42 Å². The molecule has 0 radical (unpaired) electrons. The van der Waals surface area contributed by atoms with Gasteiger partial charge in [-0.25, -0.2) is 0 Å². The Labute approximate surface area is 247 Å². The van der Waals surface area contributed by atoms with Gasteiger partial charge in [-0.3, -0.25) is 9.97 Å². The second kappa shape index (κ2) is 9.37. The second-order valence-corrected chi connectivity index (χ2v) is 11.0. The van der Waals surface area contributed by atoms with Crippen molar-refractivity contribution in [1.82, 2.24) is 9.97 Å². The number of pyridine rings is 2. The average Bonchev–Trinajstić information content (AvgIpc) is 3.46. The van der Waals surface area contributed by atoms with Crippen LogP contribution in [0, 0.1) is 0 Å². The smallest absolute Gasteiger partial charge is 0.143 e. The van der Waals surface area contributed by atoms with Crippen molar-refractivity contribution in [3.8, 4) is 33.4 Å². The number of para-hydroxylation sites is 1. The summed E-state index contributed by atoms with van der Waals surface area (Å²) in [5.74, 6) is 0. The van der Waals surface area contributed by atoms with Gasteiger partial charge in [0.15, 0.2) is 0 Å². The summed E-state index contributed by atoms with van der Waals surface area (Å²) in [6.45, 7) is 0. The van der Waals surface area contributed by atoms with Gasteiger partial charge in [-0.2, -0.15) is 0 Å². The zero-order chi connectivity index (χ0) is 28.3. The SMILES string of the molecule is c1cc(-c2cc(-c3ccncc3)cc(-c3ccncc3)c2)c2oc3cc4c5ccccc5c5ccccc5c4cc3c2c1. The molecule has 0 aliphatic carbocycles. The Hall–Kier alpha value is -5.80. The summed E-state index contributed by atoms with van der Waals surface area (Å²) in [6, 6.07) is 43.4. The highest BCUT2D eigenvalue weighted by atomic mass is 16.3. The maximum absolute atomic E-state index is 6.78. The average molecular weight is 549 g/mol. The van der Waals surface area contributed by atoms with Crippen LogP contribution in [-0.2, 0) is 0 Å². The monoisotopic (exact) mass is 548 g/mol. The fourth-order valence-corrected chi connectivity index (χ4v) is 6.63. The van der Waals surface area contributed by atoms with Gasteiger partial charge in [0.1, 0.15) is 11.2 Å². The Kier molecular flexibility index (Phi) is 5.20. The zero-order valence-electron chi connectivity index (χ0n) is 23.2. The van der Waals surface area contributed by atoms with Crippen LogP contribution in [0.15, 0.2) is 151 Å². The van der Waals surface area contributed by atoms with E-state index < -0.39 is 0 Å². The minimum Gasteiger partial charge on any atom is -0.455 e. The maximum Gasteiger partial charge on any atom is 0.143 e. The van der Waals surface area contributed by atoms with Gasteiger partial charge in [0.2, 0.25) is 0 Å². The standard InChI is InChI=1S/C40H24N2O/c1-3-8-33-31(6-1)32-7-2-4-9-34(32)37-24-39-38(23-36(33)37)35-11-5-10-30(40(35)43-39)29-21-27(25-12-16-41-17-13-25)20-28(22-29)26-14-18-42-19-15-26/h1-24H. The largest absolute Gasteiger partial charge is 0.455 e. The molecule has 9 aromatic rings. The van der Waals surface area contributed by atoms with Crippen LogP contribution in [0.4, 0.5) is 0 Å². The van der Waals surface area contributed by atoms with E-state index in [-0.39, 0.29) is 0 Å². The molecule has 200 valence electrons. The predicted molar refractivity (Wildman–Crippen MR) is 178 cm³/mol. The van der Waals surface area contributed by atoms with E-state index in [4.69, 9.17) is 4.42 Å². The highest BCUT2D eigenvalue weighted by Gasteiger charge is 2.17. The quantitative estimate of drug-likeness (QED) is 0.206. The zero-order valence-corrected chi connectivity index (χ0v) is 23.2. The molecule has 3 nitrogen and oxygen atoms in total. The summed E-state index contributed by atoms with van der Waals surface area (Å²) in [6.07, 6.45) is 7.36. The molecule has 0 saturated heterocycles. The van der Waals surface area contributed by atoms with Crippen molar-refractivity contribution in [1.29, 1.82) is 0 Å². The first kappa shape index (κ1) is 23.9. The molecule has 0 fully saturated rings. The van der Waals surface area contributed by atoms with Crippen molar-refractivity contribution >= 4 is 54.3 Å². The highest BCUT2D eigenvalue weighted by molar-refractivity contribution is 6.28. The predicted octanol–water partition coefficient (Wildman–Crippen LogP) is 10.8. The third kappa shape index (κ3) is 3.75. The van der Waals surface area contributed by atoms with E-state index in [1.54, 1.807) is 0 Å². The molecule has 43 heavy (non-hydrogen) atoms.